The monoisotopic (exact) mass is 484 g/mol. The molecule has 0 aliphatic heterocycles. The maximum absolute atomic E-state index is 12.6. The van der Waals surface area contributed by atoms with Crippen LogP contribution in [0.1, 0.15) is 20.3 Å². The summed E-state index contributed by atoms with van der Waals surface area (Å²) in [6.45, 7) is 3.77. The molecule has 0 atom stereocenters. The molecule has 0 aromatic heterocycles. The first-order valence-electron chi connectivity index (χ1n) is 9.70. The number of thioether (sulfide) groups is 1. The summed E-state index contributed by atoms with van der Waals surface area (Å²) in [4.78, 5) is 25.0. The molecule has 1 amide bonds. The second-order valence-corrected chi connectivity index (χ2v) is 9.92. The van der Waals surface area contributed by atoms with Crippen molar-refractivity contribution in [3.8, 4) is 0 Å². The number of amides is 1. The van der Waals surface area contributed by atoms with Crippen molar-refractivity contribution in [2.24, 2.45) is 0 Å². The molecule has 0 heterocycles. The molecule has 0 saturated carbocycles. The van der Waals surface area contributed by atoms with Gasteiger partial charge in [-0.25, -0.2) is 8.42 Å². The van der Waals surface area contributed by atoms with Gasteiger partial charge in [0.25, 0.3) is 5.91 Å². The first-order valence-corrected chi connectivity index (χ1v) is 12.5. The molecule has 0 bridgehead atoms. The molecule has 2 aromatic rings. The molecule has 0 fully saturated rings. The minimum Gasteiger partial charge on any atom is -0.456 e. The Morgan fingerprint density at radius 1 is 1.10 bits per heavy atom. The zero-order valence-electron chi connectivity index (χ0n) is 17.3. The van der Waals surface area contributed by atoms with Crippen molar-refractivity contribution < 1.29 is 22.7 Å². The smallest absolute Gasteiger partial charge is 0.307 e. The number of sulfonamides is 1. The van der Waals surface area contributed by atoms with Gasteiger partial charge in [0, 0.05) is 34.4 Å². The molecule has 2 rings (SSSR count). The van der Waals surface area contributed by atoms with Crippen LogP contribution < -0.4 is 5.32 Å². The maximum Gasteiger partial charge on any atom is 0.307 e. The van der Waals surface area contributed by atoms with Gasteiger partial charge < -0.3 is 10.1 Å². The van der Waals surface area contributed by atoms with Gasteiger partial charge in [-0.05, 0) is 42.5 Å². The van der Waals surface area contributed by atoms with Gasteiger partial charge in [-0.1, -0.05) is 31.5 Å². The number of halogens is 1. The van der Waals surface area contributed by atoms with Crippen LogP contribution in [0, 0.1) is 0 Å². The van der Waals surface area contributed by atoms with E-state index in [9.17, 15) is 18.0 Å². The zero-order valence-corrected chi connectivity index (χ0v) is 19.7. The number of hydrogen-bond donors (Lipinski definition) is 1. The summed E-state index contributed by atoms with van der Waals surface area (Å²) in [5.74, 6) is -0.529. The molecule has 0 aliphatic rings. The van der Waals surface area contributed by atoms with Gasteiger partial charge in [0.15, 0.2) is 6.61 Å². The fraction of sp³-hybridized carbons (Fsp3) is 0.333. The van der Waals surface area contributed by atoms with E-state index in [0.29, 0.717) is 29.6 Å². The molecule has 0 radical (unpaired) electrons. The molecule has 7 nitrogen and oxygen atoms in total. The maximum atomic E-state index is 12.6. The van der Waals surface area contributed by atoms with Crippen LogP contribution in [0.25, 0.3) is 0 Å². The van der Waals surface area contributed by atoms with E-state index >= 15 is 0 Å². The van der Waals surface area contributed by atoms with Gasteiger partial charge in [-0.2, -0.15) is 4.31 Å². The van der Waals surface area contributed by atoms with E-state index in [1.807, 2.05) is 12.1 Å². The Morgan fingerprint density at radius 3 is 2.42 bits per heavy atom. The van der Waals surface area contributed by atoms with Crippen LogP contribution >= 0.6 is 23.4 Å². The Morgan fingerprint density at radius 2 is 1.77 bits per heavy atom. The fourth-order valence-corrected chi connectivity index (χ4v) is 5.11. The second kappa shape index (κ2) is 12.1. The van der Waals surface area contributed by atoms with Crippen LogP contribution in [0.2, 0.25) is 5.02 Å². The predicted octanol–water partition coefficient (Wildman–Crippen LogP) is 4.03. The SMILES string of the molecule is CCN(CC)S(=O)(=O)c1cccc(NC(=O)COC(=O)CCSc2ccc(Cl)cc2)c1. The van der Waals surface area contributed by atoms with Crippen LogP contribution in [-0.2, 0) is 24.3 Å². The summed E-state index contributed by atoms with van der Waals surface area (Å²) < 4.78 is 31.5. The van der Waals surface area contributed by atoms with E-state index in [1.165, 1.54) is 28.2 Å². The van der Waals surface area contributed by atoms with Gasteiger partial charge in [0.2, 0.25) is 10.0 Å². The highest BCUT2D eigenvalue weighted by Crippen LogP contribution is 2.21. The average Bonchev–Trinajstić information content (AvgIpc) is 2.74. The lowest BCUT2D eigenvalue weighted by atomic mass is 10.3. The van der Waals surface area contributed by atoms with E-state index in [4.69, 9.17) is 16.3 Å². The lowest BCUT2D eigenvalue weighted by molar-refractivity contribution is -0.146. The van der Waals surface area contributed by atoms with Gasteiger partial charge in [-0.15, -0.1) is 11.8 Å². The van der Waals surface area contributed by atoms with Crippen LogP contribution in [0.3, 0.4) is 0 Å². The van der Waals surface area contributed by atoms with Crippen molar-refractivity contribution in [1.29, 1.82) is 0 Å². The summed E-state index contributed by atoms with van der Waals surface area (Å²) in [5.41, 5.74) is 0.313. The van der Waals surface area contributed by atoms with Crippen molar-refractivity contribution in [2.75, 3.05) is 30.8 Å². The molecular weight excluding hydrogens is 460 g/mol. The lowest BCUT2D eigenvalue weighted by Crippen LogP contribution is -2.30. The highest BCUT2D eigenvalue weighted by atomic mass is 35.5. The van der Waals surface area contributed by atoms with Crippen LogP contribution in [0.5, 0.6) is 0 Å². The summed E-state index contributed by atoms with van der Waals surface area (Å²) in [6, 6.07) is 13.2. The Bertz CT molecular complexity index is 993. The molecule has 168 valence electrons. The zero-order chi connectivity index (χ0) is 22.9. The van der Waals surface area contributed by atoms with E-state index in [2.05, 4.69) is 5.32 Å². The van der Waals surface area contributed by atoms with E-state index in [0.717, 1.165) is 4.90 Å². The normalized spacial score (nSPS) is 11.4. The standard InChI is InChI=1S/C21H25ClN2O5S2/c1-3-24(4-2)31(27,28)19-7-5-6-17(14-19)23-20(25)15-29-21(26)12-13-30-18-10-8-16(22)9-11-18/h5-11,14H,3-4,12-13,15H2,1-2H3,(H,23,25). The van der Waals surface area contributed by atoms with Crippen molar-refractivity contribution in [3.05, 3.63) is 53.6 Å². The first-order chi connectivity index (χ1) is 14.8. The molecule has 0 saturated heterocycles. The average molecular weight is 485 g/mol. The number of nitrogens with one attached hydrogen (secondary N) is 1. The number of nitrogens with zero attached hydrogens (tertiary/aromatic N) is 1. The lowest BCUT2D eigenvalue weighted by Gasteiger charge is -2.18. The largest absolute Gasteiger partial charge is 0.456 e. The number of rotatable bonds is 11. The van der Waals surface area contributed by atoms with Gasteiger partial charge in [0.1, 0.15) is 0 Å². The molecule has 0 aliphatic carbocycles. The molecule has 2 aromatic carbocycles. The van der Waals surface area contributed by atoms with E-state index < -0.39 is 28.5 Å². The summed E-state index contributed by atoms with van der Waals surface area (Å²) >= 11 is 7.31. The quantitative estimate of drug-likeness (QED) is 0.382. The summed E-state index contributed by atoms with van der Waals surface area (Å²) in [6.07, 6.45) is 0.151. The number of benzene rings is 2. The second-order valence-electron chi connectivity index (χ2n) is 6.38. The number of anilines is 1. The van der Waals surface area contributed by atoms with Gasteiger partial charge in [0.05, 0.1) is 11.3 Å². The Labute approximate surface area is 192 Å². The Balaban J connectivity index is 1.81. The number of hydrogen-bond acceptors (Lipinski definition) is 6. The van der Waals surface area contributed by atoms with Crippen molar-refractivity contribution >= 4 is 50.9 Å². The molecule has 1 N–H and O–H groups in total. The molecule has 31 heavy (non-hydrogen) atoms. The Hall–Kier alpha value is -2.07. The van der Waals surface area contributed by atoms with Crippen LogP contribution in [0.15, 0.2) is 58.3 Å². The van der Waals surface area contributed by atoms with Crippen molar-refractivity contribution in [3.63, 3.8) is 0 Å². The molecule has 0 spiro atoms. The highest BCUT2D eigenvalue weighted by Gasteiger charge is 2.22. The number of carbonyl (C=O) groups excluding carboxylic acids is 2. The number of ether oxygens (including phenoxy) is 1. The summed E-state index contributed by atoms with van der Waals surface area (Å²) in [5, 5.41) is 3.20. The molecule has 10 heteroatoms. The molecule has 0 unspecified atom stereocenters. The van der Waals surface area contributed by atoms with Gasteiger partial charge >= 0.3 is 5.97 Å². The highest BCUT2D eigenvalue weighted by molar-refractivity contribution is 7.99. The summed E-state index contributed by atoms with van der Waals surface area (Å²) in [7, 11) is -3.63. The third-order valence-corrected chi connectivity index (χ3v) is 7.53. The third kappa shape index (κ3) is 7.84. The minimum absolute atomic E-state index is 0.0882. The third-order valence-electron chi connectivity index (χ3n) is 4.21. The van der Waals surface area contributed by atoms with Crippen molar-refractivity contribution in [2.45, 2.75) is 30.1 Å². The fourth-order valence-electron chi connectivity index (χ4n) is 2.65. The minimum atomic E-state index is -3.63. The van der Waals surface area contributed by atoms with E-state index in [1.54, 1.807) is 38.1 Å². The number of esters is 1. The van der Waals surface area contributed by atoms with Crippen LogP contribution in [0.4, 0.5) is 5.69 Å². The van der Waals surface area contributed by atoms with E-state index in [-0.39, 0.29) is 11.3 Å². The first kappa shape index (κ1) is 25.2. The predicted molar refractivity (Wildman–Crippen MR) is 123 cm³/mol. The van der Waals surface area contributed by atoms with Gasteiger partial charge in [-0.3, -0.25) is 9.59 Å². The molecular formula is C21H25ClN2O5S2. The number of carbonyl (C=O) groups is 2. The van der Waals surface area contributed by atoms with Crippen LogP contribution in [-0.4, -0.2) is 50.0 Å². The Kier molecular flexibility index (Phi) is 9.83. The van der Waals surface area contributed by atoms with Crippen molar-refractivity contribution in [1.82, 2.24) is 4.31 Å². The topological polar surface area (TPSA) is 92.8 Å².